The number of nitrogens with one attached hydrogen (secondary N) is 1. The molecule has 0 saturated carbocycles. The maximum absolute atomic E-state index is 11.7. The van der Waals surface area contributed by atoms with Crippen LogP contribution in [-0.2, 0) is 0 Å². The Morgan fingerprint density at radius 2 is 2.05 bits per heavy atom. The number of hydrogen-bond donors (Lipinski definition) is 1. The van der Waals surface area contributed by atoms with Crippen LogP contribution in [0.4, 0.5) is 0 Å². The van der Waals surface area contributed by atoms with Gasteiger partial charge < -0.3 is 5.32 Å². The SMILES string of the molecule is C=CCNC(=O)c1ccc(-n2nc(C)cc2C)cc1. The quantitative estimate of drug-likeness (QED) is 0.853. The van der Waals surface area contributed by atoms with Crippen LogP contribution < -0.4 is 5.32 Å². The summed E-state index contributed by atoms with van der Waals surface area (Å²) < 4.78 is 1.86. The fraction of sp³-hybridized carbons (Fsp3) is 0.200. The Morgan fingerprint density at radius 3 is 2.58 bits per heavy atom. The van der Waals surface area contributed by atoms with E-state index in [1.54, 1.807) is 18.2 Å². The average molecular weight is 255 g/mol. The summed E-state index contributed by atoms with van der Waals surface area (Å²) in [4.78, 5) is 11.7. The molecule has 4 nitrogen and oxygen atoms in total. The van der Waals surface area contributed by atoms with E-state index in [0.29, 0.717) is 12.1 Å². The lowest BCUT2D eigenvalue weighted by Gasteiger charge is -2.06. The maximum atomic E-state index is 11.7. The van der Waals surface area contributed by atoms with Gasteiger partial charge in [0.25, 0.3) is 5.91 Å². The van der Waals surface area contributed by atoms with Gasteiger partial charge in [0.05, 0.1) is 11.4 Å². The maximum Gasteiger partial charge on any atom is 0.251 e. The van der Waals surface area contributed by atoms with Crippen LogP contribution in [0.1, 0.15) is 21.7 Å². The molecule has 0 aliphatic rings. The van der Waals surface area contributed by atoms with Gasteiger partial charge in [0.15, 0.2) is 0 Å². The molecular weight excluding hydrogens is 238 g/mol. The van der Waals surface area contributed by atoms with E-state index in [0.717, 1.165) is 17.1 Å². The normalized spacial score (nSPS) is 10.2. The van der Waals surface area contributed by atoms with Gasteiger partial charge >= 0.3 is 0 Å². The van der Waals surface area contributed by atoms with Crippen molar-refractivity contribution in [3.8, 4) is 5.69 Å². The van der Waals surface area contributed by atoms with E-state index in [1.807, 2.05) is 36.7 Å². The summed E-state index contributed by atoms with van der Waals surface area (Å²) in [5.41, 5.74) is 3.63. The zero-order valence-electron chi connectivity index (χ0n) is 11.2. The van der Waals surface area contributed by atoms with Gasteiger partial charge in [-0.2, -0.15) is 5.10 Å². The number of carbonyl (C=O) groups excluding carboxylic acids is 1. The summed E-state index contributed by atoms with van der Waals surface area (Å²) in [6.07, 6.45) is 1.65. The van der Waals surface area contributed by atoms with E-state index in [1.165, 1.54) is 0 Å². The standard InChI is InChI=1S/C15H17N3O/c1-4-9-16-15(19)13-5-7-14(8-6-13)18-12(3)10-11(2)17-18/h4-8,10H,1,9H2,2-3H3,(H,16,19). The Morgan fingerprint density at radius 1 is 1.37 bits per heavy atom. The fourth-order valence-corrected chi connectivity index (χ4v) is 1.91. The molecule has 1 heterocycles. The monoisotopic (exact) mass is 255 g/mol. The molecule has 0 aliphatic heterocycles. The van der Waals surface area contributed by atoms with Gasteiger partial charge in [0.1, 0.15) is 0 Å². The summed E-state index contributed by atoms with van der Waals surface area (Å²) in [6.45, 7) is 8.00. The molecule has 1 amide bonds. The predicted octanol–water partition coefficient (Wildman–Crippen LogP) is 2.40. The molecular formula is C15H17N3O. The first-order valence-corrected chi connectivity index (χ1v) is 6.14. The van der Waals surface area contributed by atoms with Crippen LogP contribution in [0.3, 0.4) is 0 Å². The zero-order valence-corrected chi connectivity index (χ0v) is 11.2. The Hall–Kier alpha value is -2.36. The lowest BCUT2D eigenvalue weighted by Crippen LogP contribution is -2.23. The van der Waals surface area contributed by atoms with E-state index in [9.17, 15) is 4.79 Å². The molecule has 1 aromatic heterocycles. The van der Waals surface area contributed by atoms with Crippen molar-refractivity contribution in [1.29, 1.82) is 0 Å². The van der Waals surface area contributed by atoms with Crippen molar-refractivity contribution in [1.82, 2.24) is 15.1 Å². The number of carbonyl (C=O) groups is 1. The van der Waals surface area contributed by atoms with Gasteiger partial charge in [-0.05, 0) is 44.2 Å². The van der Waals surface area contributed by atoms with Gasteiger partial charge in [-0.1, -0.05) is 6.08 Å². The lowest BCUT2D eigenvalue weighted by molar-refractivity contribution is 0.0958. The summed E-state index contributed by atoms with van der Waals surface area (Å²) in [5, 5.41) is 7.15. The number of benzene rings is 1. The van der Waals surface area contributed by atoms with Crippen LogP contribution in [-0.4, -0.2) is 22.2 Å². The van der Waals surface area contributed by atoms with E-state index in [4.69, 9.17) is 0 Å². The molecule has 0 bridgehead atoms. The van der Waals surface area contributed by atoms with Crippen molar-refractivity contribution in [2.45, 2.75) is 13.8 Å². The highest BCUT2D eigenvalue weighted by atomic mass is 16.1. The first kappa shape index (κ1) is 13.1. The second kappa shape index (κ2) is 5.52. The summed E-state index contributed by atoms with van der Waals surface area (Å²) in [5.74, 6) is -0.0974. The van der Waals surface area contributed by atoms with Crippen LogP contribution in [0, 0.1) is 13.8 Å². The number of aryl methyl sites for hydroxylation is 2. The van der Waals surface area contributed by atoms with Gasteiger partial charge in [-0.25, -0.2) is 4.68 Å². The third-order valence-electron chi connectivity index (χ3n) is 2.79. The number of amides is 1. The molecule has 4 heteroatoms. The van der Waals surface area contributed by atoms with Crippen LogP contribution in [0.15, 0.2) is 43.0 Å². The third-order valence-corrected chi connectivity index (χ3v) is 2.79. The zero-order chi connectivity index (χ0) is 13.8. The second-order valence-electron chi connectivity index (χ2n) is 4.38. The highest BCUT2D eigenvalue weighted by molar-refractivity contribution is 5.94. The van der Waals surface area contributed by atoms with Crippen LogP contribution >= 0.6 is 0 Å². The second-order valence-corrected chi connectivity index (χ2v) is 4.38. The van der Waals surface area contributed by atoms with Gasteiger partial charge in [0, 0.05) is 17.8 Å². The van der Waals surface area contributed by atoms with Gasteiger partial charge in [0.2, 0.25) is 0 Å². The molecule has 0 fully saturated rings. The predicted molar refractivity (Wildman–Crippen MR) is 75.6 cm³/mol. The van der Waals surface area contributed by atoms with Crippen molar-refractivity contribution in [2.24, 2.45) is 0 Å². The topological polar surface area (TPSA) is 46.9 Å². The van der Waals surface area contributed by atoms with Gasteiger partial charge in [-0.3, -0.25) is 4.79 Å². The van der Waals surface area contributed by atoms with Crippen molar-refractivity contribution in [2.75, 3.05) is 6.54 Å². The Bertz CT molecular complexity index is 596. The molecule has 19 heavy (non-hydrogen) atoms. The minimum atomic E-state index is -0.0974. The molecule has 0 aliphatic carbocycles. The average Bonchev–Trinajstić information content (AvgIpc) is 2.75. The van der Waals surface area contributed by atoms with Gasteiger partial charge in [-0.15, -0.1) is 6.58 Å². The van der Waals surface area contributed by atoms with E-state index in [-0.39, 0.29) is 5.91 Å². The molecule has 2 rings (SSSR count). The molecule has 1 N–H and O–H groups in total. The van der Waals surface area contributed by atoms with Crippen molar-refractivity contribution < 1.29 is 4.79 Å². The molecule has 2 aromatic rings. The molecule has 98 valence electrons. The number of hydrogen-bond acceptors (Lipinski definition) is 2. The van der Waals surface area contributed by atoms with Crippen molar-refractivity contribution in [3.63, 3.8) is 0 Å². The minimum Gasteiger partial charge on any atom is -0.349 e. The highest BCUT2D eigenvalue weighted by Gasteiger charge is 2.06. The smallest absolute Gasteiger partial charge is 0.251 e. The molecule has 0 spiro atoms. The first-order valence-electron chi connectivity index (χ1n) is 6.14. The summed E-state index contributed by atoms with van der Waals surface area (Å²) >= 11 is 0. The van der Waals surface area contributed by atoms with E-state index >= 15 is 0 Å². The third kappa shape index (κ3) is 2.91. The van der Waals surface area contributed by atoms with Crippen molar-refractivity contribution >= 4 is 5.91 Å². The Labute approximate surface area is 112 Å². The first-order chi connectivity index (χ1) is 9.11. The highest BCUT2D eigenvalue weighted by Crippen LogP contribution is 2.13. The molecule has 0 radical (unpaired) electrons. The molecule has 0 saturated heterocycles. The fourth-order valence-electron chi connectivity index (χ4n) is 1.91. The largest absolute Gasteiger partial charge is 0.349 e. The van der Waals surface area contributed by atoms with E-state index in [2.05, 4.69) is 17.0 Å². The summed E-state index contributed by atoms with van der Waals surface area (Å²) in [7, 11) is 0. The molecule has 1 aromatic carbocycles. The Kier molecular flexibility index (Phi) is 3.80. The number of rotatable bonds is 4. The van der Waals surface area contributed by atoms with E-state index < -0.39 is 0 Å². The molecule has 0 atom stereocenters. The van der Waals surface area contributed by atoms with Crippen LogP contribution in [0.5, 0.6) is 0 Å². The number of aromatic nitrogens is 2. The lowest BCUT2D eigenvalue weighted by atomic mass is 10.2. The van der Waals surface area contributed by atoms with Crippen molar-refractivity contribution in [3.05, 3.63) is 59.9 Å². The Balaban J connectivity index is 2.21. The van der Waals surface area contributed by atoms with Crippen LogP contribution in [0.25, 0.3) is 5.69 Å². The summed E-state index contributed by atoms with van der Waals surface area (Å²) in [6, 6.07) is 9.39. The van der Waals surface area contributed by atoms with Crippen LogP contribution in [0.2, 0.25) is 0 Å². The number of nitrogens with zero attached hydrogens (tertiary/aromatic N) is 2. The molecule has 0 unspecified atom stereocenters. The minimum absolute atomic E-state index is 0.0974.